The SMILES string of the molecule is N#Cc1cccc(NC(=O)[C@@H]2CCCN(S(=O)(=O)c3ccc4ccccc4c3)C2)c1. The first-order chi connectivity index (χ1) is 14.5. The normalized spacial score (nSPS) is 17.4. The molecule has 1 amide bonds. The first-order valence-corrected chi connectivity index (χ1v) is 11.2. The number of benzene rings is 3. The van der Waals surface area contributed by atoms with Crippen LogP contribution in [0.15, 0.2) is 71.6 Å². The Bertz CT molecular complexity index is 1250. The van der Waals surface area contributed by atoms with E-state index in [2.05, 4.69) is 5.32 Å². The molecule has 3 aromatic carbocycles. The van der Waals surface area contributed by atoms with Crippen LogP contribution in [0.1, 0.15) is 18.4 Å². The maximum Gasteiger partial charge on any atom is 0.243 e. The molecule has 1 N–H and O–H groups in total. The van der Waals surface area contributed by atoms with E-state index in [0.29, 0.717) is 30.6 Å². The predicted octanol–water partition coefficient (Wildman–Crippen LogP) is 3.75. The third-order valence-corrected chi connectivity index (χ3v) is 7.23. The summed E-state index contributed by atoms with van der Waals surface area (Å²) < 4.78 is 27.8. The topological polar surface area (TPSA) is 90.3 Å². The third kappa shape index (κ3) is 4.06. The summed E-state index contributed by atoms with van der Waals surface area (Å²) in [4.78, 5) is 13.0. The van der Waals surface area contributed by atoms with E-state index in [1.165, 1.54) is 4.31 Å². The van der Waals surface area contributed by atoms with Crippen LogP contribution in [0.4, 0.5) is 5.69 Å². The largest absolute Gasteiger partial charge is 0.326 e. The van der Waals surface area contributed by atoms with E-state index in [1.807, 2.05) is 30.3 Å². The lowest BCUT2D eigenvalue weighted by molar-refractivity contribution is -0.120. The molecule has 3 aromatic rings. The monoisotopic (exact) mass is 419 g/mol. The van der Waals surface area contributed by atoms with E-state index in [-0.39, 0.29) is 17.3 Å². The lowest BCUT2D eigenvalue weighted by Crippen LogP contribution is -2.43. The summed E-state index contributed by atoms with van der Waals surface area (Å²) in [6, 6.07) is 21.4. The number of carbonyl (C=O) groups is 1. The number of fused-ring (bicyclic) bond motifs is 1. The quantitative estimate of drug-likeness (QED) is 0.697. The summed E-state index contributed by atoms with van der Waals surface area (Å²) in [7, 11) is -3.69. The minimum Gasteiger partial charge on any atom is -0.326 e. The number of hydrogen-bond acceptors (Lipinski definition) is 4. The Balaban J connectivity index is 1.52. The van der Waals surface area contributed by atoms with Gasteiger partial charge in [-0.1, -0.05) is 36.4 Å². The summed E-state index contributed by atoms with van der Waals surface area (Å²) in [5.41, 5.74) is 0.991. The number of sulfonamides is 1. The molecule has 0 unspecified atom stereocenters. The van der Waals surface area contributed by atoms with Crippen LogP contribution in [0.25, 0.3) is 10.8 Å². The highest BCUT2D eigenvalue weighted by atomic mass is 32.2. The molecule has 0 spiro atoms. The van der Waals surface area contributed by atoms with E-state index >= 15 is 0 Å². The van der Waals surface area contributed by atoms with Crippen LogP contribution in [-0.2, 0) is 14.8 Å². The molecule has 1 fully saturated rings. The molecule has 0 saturated carbocycles. The van der Waals surface area contributed by atoms with Crippen LogP contribution < -0.4 is 5.32 Å². The summed E-state index contributed by atoms with van der Waals surface area (Å²) in [6.07, 6.45) is 1.23. The summed E-state index contributed by atoms with van der Waals surface area (Å²) in [5.74, 6) is -0.678. The van der Waals surface area contributed by atoms with Crippen molar-refractivity contribution in [1.82, 2.24) is 4.31 Å². The van der Waals surface area contributed by atoms with Gasteiger partial charge in [-0.2, -0.15) is 9.57 Å². The maximum absolute atomic E-state index is 13.2. The molecular weight excluding hydrogens is 398 g/mol. The zero-order valence-electron chi connectivity index (χ0n) is 16.3. The Labute approximate surface area is 175 Å². The second-order valence-corrected chi connectivity index (χ2v) is 9.33. The van der Waals surface area contributed by atoms with Gasteiger partial charge < -0.3 is 5.32 Å². The van der Waals surface area contributed by atoms with Crippen molar-refractivity contribution in [3.63, 3.8) is 0 Å². The first kappa shape index (κ1) is 20.1. The highest BCUT2D eigenvalue weighted by Gasteiger charge is 2.33. The fraction of sp³-hybridized carbons (Fsp3) is 0.217. The molecule has 0 bridgehead atoms. The average Bonchev–Trinajstić information content (AvgIpc) is 2.79. The number of nitrogens with zero attached hydrogens (tertiary/aromatic N) is 2. The van der Waals surface area contributed by atoms with Crippen LogP contribution in [0, 0.1) is 17.2 Å². The molecule has 1 saturated heterocycles. The van der Waals surface area contributed by atoms with Gasteiger partial charge in [0.25, 0.3) is 0 Å². The van der Waals surface area contributed by atoms with Gasteiger partial charge in [0.15, 0.2) is 0 Å². The van der Waals surface area contributed by atoms with Crippen LogP contribution >= 0.6 is 0 Å². The van der Waals surface area contributed by atoms with Gasteiger partial charge in [-0.25, -0.2) is 8.42 Å². The molecule has 152 valence electrons. The maximum atomic E-state index is 13.2. The number of nitriles is 1. The standard InChI is InChI=1S/C23H21N3O3S/c24-15-17-5-3-9-21(13-17)25-23(27)20-8-4-12-26(16-20)30(28,29)22-11-10-18-6-1-2-7-19(18)14-22/h1-3,5-7,9-11,13-14,20H,4,8,12,16H2,(H,25,27)/t20-/m1/s1. The zero-order valence-corrected chi connectivity index (χ0v) is 17.1. The number of anilines is 1. The van der Waals surface area contributed by atoms with Gasteiger partial charge in [-0.15, -0.1) is 0 Å². The lowest BCUT2D eigenvalue weighted by atomic mass is 9.98. The molecule has 1 atom stereocenters. The smallest absolute Gasteiger partial charge is 0.243 e. The van der Waals surface area contributed by atoms with Gasteiger partial charge in [-0.3, -0.25) is 4.79 Å². The summed E-state index contributed by atoms with van der Waals surface area (Å²) in [5, 5.41) is 13.7. The molecule has 1 aliphatic heterocycles. The number of carbonyl (C=O) groups excluding carboxylic acids is 1. The second-order valence-electron chi connectivity index (χ2n) is 7.39. The Kier molecular flexibility index (Phi) is 5.53. The van der Waals surface area contributed by atoms with E-state index < -0.39 is 15.9 Å². The minimum atomic E-state index is -3.69. The van der Waals surface area contributed by atoms with Crippen LogP contribution in [0.2, 0.25) is 0 Å². The number of piperidine rings is 1. The van der Waals surface area contributed by atoms with Gasteiger partial charge >= 0.3 is 0 Å². The van der Waals surface area contributed by atoms with Crippen LogP contribution in [0.3, 0.4) is 0 Å². The second kappa shape index (κ2) is 8.27. The predicted molar refractivity (Wildman–Crippen MR) is 115 cm³/mol. The molecule has 1 aliphatic rings. The molecule has 1 heterocycles. The molecule has 0 radical (unpaired) electrons. The number of nitrogens with one attached hydrogen (secondary N) is 1. The van der Waals surface area contributed by atoms with Crippen molar-refractivity contribution in [2.75, 3.05) is 18.4 Å². The van der Waals surface area contributed by atoms with E-state index in [1.54, 1.807) is 42.5 Å². The molecule has 0 aromatic heterocycles. The summed E-state index contributed by atoms with van der Waals surface area (Å²) >= 11 is 0. The van der Waals surface area contributed by atoms with Crippen molar-refractivity contribution >= 4 is 32.4 Å². The Morgan fingerprint density at radius 1 is 1.03 bits per heavy atom. The lowest BCUT2D eigenvalue weighted by Gasteiger charge is -2.31. The van der Waals surface area contributed by atoms with Crippen LogP contribution in [0.5, 0.6) is 0 Å². The highest BCUT2D eigenvalue weighted by Crippen LogP contribution is 2.27. The minimum absolute atomic E-state index is 0.138. The average molecular weight is 420 g/mol. The molecule has 7 heteroatoms. The molecule has 6 nitrogen and oxygen atoms in total. The van der Waals surface area contributed by atoms with E-state index in [0.717, 1.165) is 10.8 Å². The van der Waals surface area contributed by atoms with E-state index in [4.69, 9.17) is 5.26 Å². The van der Waals surface area contributed by atoms with Crippen LogP contribution in [-0.4, -0.2) is 31.7 Å². The highest BCUT2D eigenvalue weighted by molar-refractivity contribution is 7.89. The molecular formula is C23H21N3O3S. The fourth-order valence-corrected chi connectivity index (χ4v) is 5.32. The van der Waals surface area contributed by atoms with Gasteiger partial charge in [0.05, 0.1) is 22.4 Å². The van der Waals surface area contributed by atoms with Gasteiger partial charge in [-0.05, 0) is 53.9 Å². The first-order valence-electron chi connectivity index (χ1n) is 9.77. The van der Waals surface area contributed by atoms with Gasteiger partial charge in [0, 0.05) is 18.8 Å². The number of rotatable bonds is 4. The van der Waals surface area contributed by atoms with Crippen molar-refractivity contribution in [3.05, 3.63) is 72.3 Å². The van der Waals surface area contributed by atoms with Crippen molar-refractivity contribution in [1.29, 1.82) is 5.26 Å². The van der Waals surface area contributed by atoms with Crippen molar-refractivity contribution in [3.8, 4) is 6.07 Å². The number of amides is 1. The Morgan fingerprint density at radius 3 is 2.63 bits per heavy atom. The Morgan fingerprint density at radius 2 is 1.83 bits per heavy atom. The van der Waals surface area contributed by atoms with Crippen molar-refractivity contribution < 1.29 is 13.2 Å². The Hall–Kier alpha value is -3.21. The van der Waals surface area contributed by atoms with Crippen molar-refractivity contribution in [2.45, 2.75) is 17.7 Å². The fourth-order valence-electron chi connectivity index (χ4n) is 3.76. The van der Waals surface area contributed by atoms with Gasteiger partial charge in [0.1, 0.15) is 0 Å². The molecule has 0 aliphatic carbocycles. The van der Waals surface area contributed by atoms with Crippen molar-refractivity contribution in [2.24, 2.45) is 5.92 Å². The summed E-state index contributed by atoms with van der Waals surface area (Å²) in [6.45, 7) is 0.530. The number of hydrogen-bond donors (Lipinski definition) is 1. The molecule has 30 heavy (non-hydrogen) atoms. The zero-order chi connectivity index (χ0) is 21.1. The van der Waals surface area contributed by atoms with E-state index in [9.17, 15) is 13.2 Å². The third-order valence-electron chi connectivity index (χ3n) is 5.37. The van der Waals surface area contributed by atoms with Gasteiger partial charge in [0.2, 0.25) is 15.9 Å². The molecule has 4 rings (SSSR count).